The number of benzene rings is 2. The van der Waals surface area contributed by atoms with E-state index >= 15 is 0 Å². The maximum Gasteiger partial charge on any atom is 0.178 e. The highest BCUT2D eigenvalue weighted by Gasteiger charge is 2.16. The van der Waals surface area contributed by atoms with E-state index < -0.39 is 6.10 Å². The number of fused-ring (bicyclic) bond motifs is 1. The maximum atomic E-state index is 10.2. The van der Waals surface area contributed by atoms with E-state index in [2.05, 4.69) is 22.6 Å². The van der Waals surface area contributed by atoms with Crippen LogP contribution >= 0.6 is 11.3 Å². The molecule has 2 aromatic heterocycles. The maximum absolute atomic E-state index is 10.2. The molecule has 1 atom stereocenters. The molecule has 6 heteroatoms. The van der Waals surface area contributed by atoms with Gasteiger partial charge in [0.05, 0.1) is 0 Å². The van der Waals surface area contributed by atoms with Crippen molar-refractivity contribution in [2.75, 3.05) is 19.7 Å². The number of nitrogens with zero attached hydrogens (tertiary/aromatic N) is 1. The number of ether oxygens (including phenoxy) is 1. The predicted octanol–water partition coefficient (Wildman–Crippen LogP) is 4.13. The summed E-state index contributed by atoms with van der Waals surface area (Å²) in [5.74, 6) is 0.689. The molecule has 0 spiro atoms. The van der Waals surface area contributed by atoms with Gasteiger partial charge in [-0.3, -0.25) is 0 Å². The van der Waals surface area contributed by atoms with E-state index in [0.29, 0.717) is 12.3 Å². The molecule has 28 heavy (non-hydrogen) atoms. The monoisotopic (exact) mass is 394 g/mol. The number of nitrogens with one attached hydrogen (secondary N) is 1. The van der Waals surface area contributed by atoms with Gasteiger partial charge in [0.1, 0.15) is 28.9 Å². The van der Waals surface area contributed by atoms with Crippen LogP contribution in [0.1, 0.15) is 5.56 Å². The molecule has 0 saturated heterocycles. The first-order valence-electron chi connectivity index (χ1n) is 9.29. The molecule has 4 aromatic rings. The second-order valence-electron chi connectivity index (χ2n) is 6.55. The van der Waals surface area contributed by atoms with Crippen LogP contribution in [-0.4, -0.2) is 36.1 Å². The summed E-state index contributed by atoms with van der Waals surface area (Å²) in [5.41, 5.74) is 3.70. The zero-order valence-corrected chi connectivity index (χ0v) is 16.2. The highest BCUT2D eigenvalue weighted by molar-refractivity contribution is 7.17. The van der Waals surface area contributed by atoms with Gasteiger partial charge in [0.15, 0.2) is 5.58 Å². The number of hydrogen-bond acceptors (Lipinski definition) is 6. The fraction of sp³-hybridized carbons (Fsp3) is 0.227. The van der Waals surface area contributed by atoms with Crippen LogP contribution in [0.5, 0.6) is 5.75 Å². The van der Waals surface area contributed by atoms with Crippen LogP contribution in [0, 0.1) is 0 Å². The van der Waals surface area contributed by atoms with Crippen molar-refractivity contribution in [2.45, 2.75) is 12.5 Å². The third kappa shape index (κ3) is 4.42. The van der Waals surface area contributed by atoms with Gasteiger partial charge in [-0.2, -0.15) is 0 Å². The molecule has 5 nitrogen and oxygen atoms in total. The molecule has 2 N–H and O–H groups in total. The molecule has 0 radical (unpaired) electrons. The SMILES string of the molecule is O[C@H](CNCCc1ccccc1)COc1ccccc1-c1noc2ccsc12. The lowest BCUT2D eigenvalue weighted by molar-refractivity contribution is 0.107. The first kappa shape index (κ1) is 18.7. The smallest absolute Gasteiger partial charge is 0.178 e. The van der Waals surface area contributed by atoms with Crippen molar-refractivity contribution in [3.8, 4) is 17.0 Å². The van der Waals surface area contributed by atoms with Crippen molar-refractivity contribution in [3.63, 3.8) is 0 Å². The molecule has 0 amide bonds. The summed E-state index contributed by atoms with van der Waals surface area (Å²) in [7, 11) is 0. The van der Waals surface area contributed by atoms with E-state index in [1.807, 2.05) is 53.9 Å². The molecule has 0 aliphatic carbocycles. The number of aliphatic hydroxyl groups is 1. The Labute approximate surface area is 167 Å². The summed E-state index contributed by atoms with van der Waals surface area (Å²) < 4.78 is 12.3. The molecule has 0 fully saturated rings. The summed E-state index contributed by atoms with van der Waals surface area (Å²) in [5, 5.41) is 19.7. The fourth-order valence-corrected chi connectivity index (χ4v) is 3.84. The Balaban J connectivity index is 1.31. The molecule has 0 unspecified atom stereocenters. The minimum Gasteiger partial charge on any atom is -0.490 e. The Morgan fingerprint density at radius 2 is 1.89 bits per heavy atom. The Bertz CT molecular complexity index is 1010. The minimum absolute atomic E-state index is 0.209. The molecular weight excluding hydrogens is 372 g/mol. The summed E-state index contributed by atoms with van der Waals surface area (Å²) in [4.78, 5) is 0. The molecule has 0 aliphatic rings. The van der Waals surface area contributed by atoms with Gasteiger partial charge >= 0.3 is 0 Å². The average molecular weight is 394 g/mol. The highest BCUT2D eigenvalue weighted by atomic mass is 32.1. The quantitative estimate of drug-likeness (QED) is 0.418. The largest absolute Gasteiger partial charge is 0.490 e. The molecule has 0 saturated carbocycles. The number of hydrogen-bond donors (Lipinski definition) is 2. The lowest BCUT2D eigenvalue weighted by Crippen LogP contribution is -2.32. The lowest BCUT2D eigenvalue weighted by atomic mass is 10.1. The van der Waals surface area contributed by atoms with Crippen molar-refractivity contribution in [1.29, 1.82) is 0 Å². The Hall–Kier alpha value is -2.67. The molecule has 0 bridgehead atoms. The van der Waals surface area contributed by atoms with E-state index in [1.165, 1.54) is 5.56 Å². The Morgan fingerprint density at radius 3 is 2.79 bits per heavy atom. The fourth-order valence-electron chi connectivity index (χ4n) is 3.03. The van der Waals surface area contributed by atoms with Crippen molar-refractivity contribution >= 4 is 21.6 Å². The standard InChI is InChI=1S/C22H22N2O3S/c25-17(14-23-12-10-16-6-2-1-3-7-16)15-26-19-9-5-4-8-18(19)21-22-20(27-24-21)11-13-28-22/h1-9,11,13,17,23,25H,10,12,14-15H2/t17-/m1/s1. The van der Waals surface area contributed by atoms with Gasteiger partial charge in [-0.25, -0.2) is 0 Å². The van der Waals surface area contributed by atoms with Crippen molar-refractivity contribution < 1.29 is 14.4 Å². The summed E-state index contributed by atoms with van der Waals surface area (Å²) in [6, 6.07) is 19.9. The van der Waals surface area contributed by atoms with Crippen molar-refractivity contribution in [1.82, 2.24) is 10.5 Å². The van der Waals surface area contributed by atoms with Gasteiger partial charge in [-0.15, -0.1) is 11.3 Å². The van der Waals surface area contributed by atoms with E-state index in [1.54, 1.807) is 11.3 Å². The van der Waals surface area contributed by atoms with Crippen LogP contribution < -0.4 is 10.1 Å². The molecule has 2 aromatic carbocycles. The molecule has 2 heterocycles. The number of thiophene rings is 1. The molecule has 144 valence electrons. The second-order valence-corrected chi connectivity index (χ2v) is 7.46. The first-order valence-corrected chi connectivity index (χ1v) is 10.2. The molecule has 4 rings (SSSR count). The van der Waals surface area contributed by atoms with Gasteiger partial charge < -0.3 is 19.7 Å². The van der Waals surface area contributed by atoms with Gasteiger partial charge in [-0.1, -0.05) is 47.6 Å². The lowest BCUT2D eigenvalue weighted by Gasteiger charge is -2.15. The Kier molecular flexibility index (Phi) is 6.01. The van der Waals surface area contributed by atoms with Crippen molar-refractivity contribution in [2.24, 2.45) is 0 Å². The van der Waals surface area contributed by atoms with Gasteiger partial charge in [-0.05, 0) is 42.1 Å². The zero-order chi connectivity index (χ0) is 19.2. The van der Waals surface area contributed by atoms with Crippen LogP contribution in [0.25, 0.3) is 21.5 Å². The second kappa shape index (κ2) is 9.01. The molecule has 0 aliphatic heterocycles. The zero-order valence-electron chi connectivity index (χ0n) is 15.4. The van der Waals surface area contributed by atoms with E-state index in [4.69, 9.17) is 9.26 Å². The van der Waals surface area contributed by atoms with E-state index in [-0.39, 0.29) is 6.61 Å². The third-order valence-corrected chi connectivity index (χ3v) is 5.37. The minimum atomic E-state index is -0.595. The van der Waals surface area contributed by atoms with Gasteiger partial charge in [0, 0.05) is 12.1 Å². The number of aliphatic hydroxyl groups excluding tert-OH is 1. The summed E-state index contributed by atoms with van der Waals surface area (Å²) >= 11 is 1.59. The van der Waals surface area contributed by atoms with Gasteiger partial charge in [0.25, 0.3) is 0 Å². The van der Waals surface area contributed by atoms with Gasteiger partial charge in [0.2, 0.25) is 0 Å². The summed E-state index contributed by atoms with van der Waals surface area (Å²) in [6.45, 7) is 1.50. The van der Waals surface area contributed by atoms with E-state index in [0.717, 1.165) is 34.5 Å². The number of para-hydroxylation sites is 1. The van der Waals surface area contributed by atoms with Crippen LogP contribution in [0.4, 0.5) is 0 Å². The number of rotatable bonds is 9. The average Bonchev–Trinajstić information content (AvgIpc) is 3.35. The van der Waals surface area contributed by atoms with Crippen LogP contribution in [0.15, 0.2) is 70.6 Å². The number of aromatic nitrogens is 1. The first-order chi connectivity index (χ1) is 13.8. The highest BCUT2D eigenvalue weighted by Crippen LogP contribution is 2.36. The van der Waals surface area contributed by atoms with Crippen LogP contribution in [0.2, 0.25) is 0 Å². The van der Waals surface area contributed by atoms with E-state index in [9.17, 15) is 5.11 Å². The predicted molar refractivity (Wildman–Crippen MR) is 112 cm³/mol. The van der Waals surface area contributed by atoms with Crippen LogP contribution in [0.3, 0.4) is 0 Å². The summed E-state index contributed by atoms with van der Waals surface area (Å²) in [6.07, 6.45) is 0.336. The topological polar surface area (TPSA) is 67.5 Å². The molecular formula is C22H22N2O3S. The van der Waals surface area contributed by atoms with Crippen LogP contribution in [-0.2, 0) is 6.42 Å². The normalized spacial score (nSPS) is 12.3. The van der Waals surface area contributed by atoms with Crippen molar-refractivity contribution in [3.05, 3.63) is 71.6 Å². The Morgan fingerprint density at radius 1 is 1.07 bits per heavy atom. The third-order valence-electron chi connectivity index (χ3n) is 4.47.